The van der Waals surface area contributed by atoms with Crippen LogP contribution >= 0.6 is 11.3 Å². The number of primary amides is 1. The van der Waals surface area contributed by atoms with Crippen LogP contribution in [0.5, 0.6) is 0 Å². The van der Waals surface area contributed by atoms with E-state index in [1.807, 2.05) is 37.3 Å². The number of benzene rings is 1. The number of thiophene rings is 1. The van der Waals surface area contributed by atoms with Crippen LogP contribution in [0.4, 0.5) is 5.00 Å². The fourth-order valence-corrected chi connectivity index (χ4v) is 4.18. The molecule has 0 unspecified atom stereocenters. The SMILES string of the molecule is CCOC(=O)c1ccc(C(=O)Nc2sc(C)c(-c3ccccc3)c2C(N)=O)nc1C. The first-order valence-corrected chi connectivity index (χ1v) is 10.1. The molecule has 0 saturated carbocycles. The third kappa shape index (κ3) is 4.23. The normalized spacial score (nSPS) is 10.5. The number of anilines is 1. The maximum Gasteiger partial charge on any atom is 0.339 e. The summed E-state index contributed by atoms with van der Waals surface area (Å²) in [5.41, 5.74) is 8.23. The first kappa shape index (κ1) is 21.2. The van der Waals surface area contributed by atoms with Crippen LogP contribution in [-0.2, 0) is 4.74 Å². The van der Waals surface area contributed by atoms with Crippen LogP contribution in [0.25, 0.3) is 11.1 Å². The molecule has 0 radical (unpaired) electrons. The summed E-state index contributed by atoms with van der Waals surface area (Å²) in [6.45, 7) is 5.45. The second kappa shape index (κ2) is 8.87. The molecule has 0 fully saturated rings. The minimum Gasteiger partial charge on any atom is -0.462 e. The van der Waals surface area contributed by atoms with E-state index >= 15 is 0 Å². The van der Waals surface area contributed by atoms with Gasteiger partial charge in [-0.3, -0.25) is 9.59 Å². The van der Waals surface area contributed by atoms with Crippen molar-refractivity contribution in [3.63, 3.8) is 0 Å². The number of nitrogens with one attached hydrogen (secondary N) is 1. The van der Waals surface area contributed by atoms with Crippen molar-refractivity contribution in [1.29, 1.82) is 0 Å². The highest BCUT2D eigenvalue weighted by Gasteiger charge is 2.24. The summed E-state index contributed by atoms with van der Waals surface area (Å²) in [4.78, 5) is 41.9. The number of aromatic nitrogens is 1. The van der Waals surface area contributed by atoms with Crippen molar-refractivity contribution < 1.29 is 19.1 Å². The molecule has 2 amide bonds. The van der Waals surface area contributed by atoms with E-state index in [0.29, 0.717) is 21.8 Å². The Labute approximate surface area is 177 Å². The van der Waals surface area contributed by atoms with Gasteiger partial charge < -0.3 is 15.8 Å². The van der Waals surface area contributed by atoms with Crippen LogP contribution in [0, 0.1) is 13.8 Å². The number of carbonyl (C=O) groups excluding carboxylic acids is 3. The van der Waals surface area contributed by atoms with Gasteiger partial charge in [-0.25, -0.2) is 9.78 Å². The number of hydrogen-bond donors (Lipinski definition) is 2. The van der Waals surface area contributed by atoms with E-state index in [1.54, 1.807) is 13.8 Å². The molecule has 0 atom stereocenters. The van der Waals surface area contributed by atoms with Crippen molar-refractivity contribution in [3.05, 3.63) is 69.9 Å². The summed E-state index contributed by atoms with van der Waals surface area (Å²) in [6, 6.07) is 12.3. The molecule has 0 aliphatic rings. The Kier molecular flexibility index (Phi) is 6.27. The number of pyridine rings is 1. The van der Waals surface area contributed by atoms with Gasteiger partial charge in [0.2, 0.25) is 0 Å². The monoisotopic (exact) mass is 423 g/mol. The van der Waals surface area contributed by atoms with Gasteiger partial charge in [-0.1, -0.05) is 30.3 Å². The smallest absolute Gasteiger partial charge is 0.339 e. The van der Waals surface area contributed by atoms with E-state index in [4.69, 9.17) is 10.5 Å². The minimum absolute atomic E-state index is 0.114. The number of rotatable bonds is 6. The number of amides is 2. The molecule has 7 nitrogen and oxygen atoms in total. The molecule has 2 heterocycles. The quantitative estimate of drug-likeness (QED) is 0.583. The molecule has 30 heavy (non-hydrogen) atoms. The zero-order valence-corrected chi connectivity index (χ0v) is 17.6. The topological polar surface area (TPSA) is 111 Å². The Balaban J connectivity index is 1.93. The van der Waals surface area contributed by atoms with E-state index < -0.39 is 17.8 Å². The van der Waals surface area contributed by atoms with Gasteiger partial charge in [0.25, 0.3) is 11.8 Å². The van der Waals surface area contributed by atoms with E-state index in [0.717, 1.165) is 10.4 Å². The standard InChI is InChI=1S/C22H21N3O4S/c1-4-29-22(28)15-10-11-16(24-12(15)2)20(27)25-21-18(19(23)26)17(13(3)30-21)14-8-6-5-7-9-14/h5-11H,4H2,1-3H3,(H2,23,26)(H,25,27). The van der Waals surface area contributed by atoms with Crippen molar-refractivity contribution >= 4 is 34.1 Å². The van der Waals surface area contributed by atoms with Crippen LogP contribution in [0.3, 0.4) is 0 Å². The minimum atomic E-state index is -0.629. The van der Waals surface area contributed by atoms with Gasteiger partial charge in [-0.2, -0.15) is 0 Å². The zero-order valence-electron chi connectivity index (χ0n) is 16.8. The summed E-state index contributed by atoms with van der Waals surface area (Å²) >= 11 is 1.27. The van der Waals surface area contributed by atoms with Gasteiger partial charge in [-0.15, -0.1) is 11.3 Å². The molecule has 0 aliphatic carbocycles. The van der Waals surface area contributed by atoms with Crippen molar-refractivity contribution in [2.45, 2.75) is 20.8 Å². The number of nitrogens with zero attached hydrogens (tertiary/aromatic N) is 1. The Morgan fingerprint density at radius 3 is 2.40 bits per heavy atom. The molecule has 1 aromatic carbocycles. The molecular weight excluding hydrogens is 402 g/mol. The fourth-order valence-electron chi connectivity index (χ4n) is 3.10. The molecule has 2 aromatic heterocycles. The Bertz CT molecular complexity index is 1120. The van der Waals surface area contributed by atoms with Crippen LogP contribution < -0.4 is 11.1 Å². The summed E-state index contributed by atoms with van der Waals surface area (Å²) in [6.07, 6.45) is 0. The highest BCUT2D eigenvalue weighted by Crippen LogP contribution is 2.39. The second-order valence-electron chi connectivity index (χ2n) is 6.47. The third-order valence-electron chi connectivity index (χ3n) is 4.43. The highest BCUT2D eigenvalue weighted by molar-refractivity contribution is 7.17. The van der Waals surface area contributed by atoms with Crippen LogP contribution in [0.15, 0.2) is 42.5 Å². The van der Waals surface area contributed by atoms with Crippen molar-refractivity contribution in [1.82, 2.24) is 4.98 Å². The molecule has 0 spiro atoms. The van der Waals surface area contributed by atoms with E-state index in [1.165, 1.54) is 23.5 Å². The van der Waals surface area contributed by atoms with Crippen molar-refractivity contribution in [2.75, 3.05) is 11.9 Å². The molecule has 3 N–H and O–H groups in total. The lowest BCUT2D eigenvalue weighted by Gasteiger charge is -2.09. The molecule has 0 aliphatic heterocycles. The van der Waals surface area contributed by atoms with E-state index in [2.05, 4.69) is 10.3 Å². The highest BCUT2D eigenvalue weighted by atomic mass is 32.1. The van der Waals surface area contributed by atoms with Gasteiger partial charge in [0.1, 0.15) is 10.7 Å². The lowest BCUT2D eigenvalue weighted by Crippen LogP contribution is -2.19. The molecule has 8 heteroatoms. The molecule has 154 valence electrons. The van der Waals surface area contributed by atoms with Crippen molar-refractivity contribution in [2.24, 2.45) is 5.73 Å². The average Bonchev–Trinajstić information content (AvgIpc) is 3.04. The number of aryl methyl sites for hydroxylation is 2. The Morgan fingerprint density at radius 2 is 1.80 bits per heavy atom. The number of hydrogen-bond acceptors (Lipinski definition) is 6. The van der Waals surface area contributed by atoms with Gasteiger partial charge >= 0.3 is 5.97 Å². The lowest BCUT2D eigenvalue weighted by molar-refractivity contribution is 0.0524. The van der Waals surface area contributed by atoms with Crippen LogP contribution in [0.2, 0.25) is 0 Å². The third-order valence-corrected chi connectivity index (χ3v) is 5.45. The number of carbonyl (C=O) groups is 3. The van der Waals surface area contributed by atoms with Gasteiger partial charge in [0.05, 0.1) is 23.4 Å². The summed E-state index contributed by atoms with van der Waals surface area (Å²) in [7, 11) is 0. The van der Waals surface area contributed by atoms with Gasteiger partial charge in [0, 0.05) is 10.4 Å². The zero-order chi connectivity index (χ0) is 21.8. The van der Waals surface area contributed by atoms with E-state index in [9.17, 15) is 14.4 Å². The van der Waals surface area contributed by atoms with Gasteiger partial charge in [0.15, 0.2) is 0 Å². The number of nitrogens with two attached hydrogens (primary N) is 1. The summed E-state index contributed by atoms with van der Waals surface area (Å²) in [5.74, 6) is -1.63. The largest absolute Gasteiger partial charge is 0.462 e. The molecular formula is C22H21N3O4S. The number of esters is 1. The predicted molar refractivity (Wildman–Crippen MR) is 116 cm³/mol. The maximum absolute atomic E-state index is 12.8. The average molecular weight is 423 g/mol. The summed E-state index contributed by atoms with van der Waals surface area (Å²) < 4.78 is 4.98. The Hall–Kier alpha value is -3.52. The summed E-state index contributed by atoms with van der Waals surface area (Å²) in [5, 5.41) is 3.10. The molecule has 3 aromatic rings. The molecule has 3 rings (SSSR count). The van der Waals surface area contributed by atoms with Crippen LogP contribution in [0.1, 0.15) is 48.7 Å². The van der Waals surface area contributed by atoms with E-state index in [-0.39, 0.29) is 17.9 Å². The fraction of sp³-hybridized carbons (Fsp3) is 0.182. The molecule has 0 bridgehead atoms. The number of ether oxygens (including phenoxy) is 1. The first-order valence-electron chi connectivity index (χ1n) is 9.28. The van der Waals surface area contributed by atoms with Crippen molar-refractivity contribution in [3.8, 4) is 11.1 Å². The predicted octanol–water partition coefficient (Wildman–Crippen LogP) is 3.95. The van der Waals surface area contributed by atoms with Crippen LogP contribution in [-0.4, -0.2) is 29.4 Å². The van der Waals surface area contributed by atoms with Gasteiger partial charge in [-0.05, 0) is 38.5 Å². The lowest BCUT2D eigenvalue weighted by atomic mass is 10.0. The Morgan fingerprint density at radius 1 is 1.10 bits per heavy atom. The second-order valence-corrected chi connectivity index (χ2v) is 7.70. The molecule has 0 saturated heterocycles. The maximum atomic E-state index is 12.8. The first-order chi connectivity index (χ1) is 14.3.